The number of hydrogen-bond donors (Lipinski definition) is 1. The lowest BCUT2D eigenvalue weighted by molar-refractivity contribution is 0.0457. The van der Waals surface area contributed by atoms with E-state index >= 15 is 0 Å². The number of rotatable bonds is 6. The second-order valence-corrected chi connectivity index (χ2v) is 5.12. The lowest BCUT2D eigenvalue weighted by Gasteiger charge is -2.28. The molecule has 0 saturated carbocycles. The van der Waals surface area contributed by atoms with Gasteiger partial charge in [0.05, 0.1) is 5.76 Å². The van der Waals surface area contributed by atoms with Crippen molar-refractivity contribution in [3.8, 4) is 0 Å². The summed E-state index contributed by atoms with van der Waals surface area (Å²) in [7, 11) is 0. The number of aliphatic hydroxyl groups excluding tert-OH is 1. The first-order valence-corrected chi connectivity index (χ1v) is 6.78. The Labute approximate surface area is 102 Å². The zero-order valence-electron chi connectivity index (χ0n) is 9.89. The zero-order valence-corrected chi connectivity index (χ0v) is 10.7. The summed E-state index contributed by atoms with van der Waals surface area (Å²) < 4.78 is 5.39. The van der Waals surface area contributed by atoms with Gasteiger partial charge in [0.1, 0.15) is 12.7 Å². The highest BCUT2D eigenvalue weighted by atomic mass is 32.2. The number of aliphatic hydroxyl groups is 1. The predicted molar refractivity (Wildman–Crippen MR) is 69.7 cm³/mol. The van der Waals surface area contributed by atoms with Crippen molar-refractivity contribution >= 4 is 11.8 Å². The molecule has 1 aliphatic heterocycles. The summed E-state index contributed by atoms with van der Waals surface area (Å²) in [6, 6.07) is 0. The molecule has 1 aliphatic rings. The Hall–Kier alpha value is -0.450. The molecule has 0 radical (unpaired) electrons. The molecule has 1 atom stereocenters. The Bertz CT molecular complexity index is 237. The molecule has 1 rings (SSSR count). The van der Waals surface area contributed by atoms with Gasteiger partial charge in [-0.25, -0.2) is 0 Å². The van der Waals surface area contributed by atoms with Gasteiger partial charge >= 0.3 is 0 Å². The lowest BCUT2D eigenvalue weighted by Crippen LogP contribution is -2.39. The smallest absolute Gasteiger partial charge is 0.115 e. The minimum atomic E-state index is -0.406. The van der Waals surface area contributed by atoms with E-state index in [9.17, 15) is 5.11 Å². The van der Waals surface area contributed by atoms with Crippen LogP contribution in [0.25, 0.3) is 0 Å². The Morgan fingerprint density at radius 3 is 2.88 bits per heavy atom. The normalized spacial score (nSPS) is 20.5. The molecule has 4 heteroatoms. The van der Waals surface area contributed by atoms with Crippen LogP contribution in [0.4, 0.5) is 0 Å². The third kappa shape index (κ3) is 5.58. The molecular formula is C12H21NO2S. The van der Waals surface area contributed by atoms with E-state index < -0.39 is 6.10 Å². The van der Waals surface area contributed by atoms with Crippen molar-refractivity contribution in [3.05, 3.63) is 24.5 Å². The van der Waals surface area contributed by atoms with E-state index in [2.05, 4.69) is 11.5 Å². The van der Waals surface area contributed by atoms with Crippen LogP contribution >= 0.6 is 11.8 Å². The fourth-order valence-corrected chi connectivity index (χ4v) is 2.55. The third-order valence-corrected chi connectivity index (χ3v) is 3.37. The second kappa shape index (κ2) is 7.76. The van der Waals surface area contributed by atoms with Gasteiger partial charge in [-0.15, -0.1) is 0 Å². The highest BCUT2D eigenvalue weighted by Crippen LogP contribution is 2.09. The van der Waals surface area contributed by atoms with Crippen LogP contribution in [0.15, 0.2) is 24.5 Å². The molecule has 1 fully saturated rings. The zero-order chi connectivity index (χ0) is 11.8. The van der Waals surface area contributed by atoms with Crippen molar-refractivity contribution < 1.29 is 9.84 Å². The van der Waals surface area contributed by atoms with E-state index in [1.165, 1.54) is 11.5 Å². The fraction of sp³-hybridized carbons (Fsp3) is 0.667. The van der Waals surface area contributed by atoms with Gasteiger partial charge in [0, 0.05) is 31.1 Å². The molecule has 0 aliphatic carbocycles. The van der Waals surface area contributed by atoms with Crippen LogP contribution in [0.3, 0.4) is 0 Å². The number of ether oxygens (including phenoxy) is 1. The van der Waals surface area contributed by atoms with Crippen LogP contribution in [0.5, 0.6) is 0 Å². The second-order valence-electron chi connectivity index (χ2n) is 3.89. The van der Waals surface area contributed by atoms with Crippen LogP contribution in [0, 0.1) is 0 Å². The van der Waals surface area contributed by atoms with Crippen LogP contribution in [-0.4, -0.2) is 53.9 Å². The number of allylic oxidation sites excluding steroid dienone is 3. The predicted octanol–water partition coefficient (Wildman–Crippen LogP) is 1.50. The van der Waals surface area contributed by atoms with Gasteiger partial charge in [0.2, 0.25) is 0 Å². The van der Waals surface area contributed by atoms with Gasteiger partial charge in [0.15, 0.2) is 0 Å². The summed E-state index contributed by atoms with van der Waals surface area (Å²) in [5.74, 6) is 3.13. The summed E-state index contributed by atoms with van der Waals surface area (Å²) in [5.41, 5.74) is 0. The first-order valence-electron chi connectivity index (χ1n) is 5.62. The van der Waals surface area contributed by atoms with Gasteiger partial charge in [-0.3, -0.25) is 4.90 Å². The highest BCUT2D eigenvalue weighted by Gasteiger charge is 2.14. The summed E-state index contributed by atoms with van der Waals surface area (Å²) in [6.45, 7) is 8.68. The molecule has 1 heterocycles. The molecule has 0 spiro atoms. The molecule has 16 heavy (non-hydrogen) atoms. The minimum Gasteiger partial charge on any atom is -0.495 e. The topological polar surface area (TPSA) is 32.7 Å². The average molecular weight is 243 g/mol. The maximum Gasteiger partial charge on any atom is 0.115 e. The Kier molecular flexibility index (Phi) is 6.61. The maximum atomic E-state index is 9.79. The molecule has 1 saturated heterocycles. The van der Waals surface area contributed by atoms with Crippen molar-refractivity contribution in [2.75, 3.05) is 37.7 Å². The number of nitrogens with zero attached hydrogens (tertiary/aromatic N) is 1. The molecule has 0 aromatic heterocycles. The van der Waals surface area contributed by atoms with Crippen molar-refractivity contribution in [1.29, 1.82) is 0 Å². The van der Waals surface area contributed by atoms with Crippen molar-refractivity contribution in [1.82, 2.24) is 4.90 Å². The van der Waals surface area contributed by atoms with Crippen molar-refractivity contribution in [3.63, 3.8) is 0 Å². The van der Waals surface area contributed by atoms with Crippen molar-refractivity contribution in [2.24, 2.45) is 0 Å². The Morgan fingerprint density at radius 2 is 2.25 bits per heavy atom. The quantitative estimate of drug-likeness (QED) is 0.566. The van der Waals surface area contributed by atoms with E-state index in [1.807, 2.05) is 18.7 Å². The maximum absolute atomic E-state index is 9.79. The summed E-state index contributed by atoms with van der Waals surface area (Å²) >= 11 is 1.98. The SMILES string of the molecule is C=C/C=C(\C)OCC(O)CN1CCSCC1. The standard InChI is InChI=1S/C12H21NO2S/c1-3-4-11(2)15-10-12(14)9-13-5-7-16-8-6-13/h3-4,12,14H,1,5-10H2,2H3/b11-4+. The van der Waals surface area contributed by atoms with Gasteiger partial charge in [-0.1, -0.05) is 12.7 Å². The van der Waals surface area contributed by atoms with Crippen LogP contribution in [-0.2, 0) is 4.74 Å². The lowest BCUT2D eigenvalue weighted by atomic mass is 10.3. The Balaban J connectivity index is 2.16. The molecule has 0 bridgehead atoms. The van der Waals surface area contributed by atoms with Gasteiger partial charge in [0.25, 0.3) is 0 Å². The van der Waals surface area contributed by atoms with E-state index in [-0.39, 0.29) is 0 Å². The molecule has 0 amide bonds. The van der Waals surface area contributed by atoms with E-state index in [4.69, 9.17) is 4.74 Å². The number of β-amino-alcohol motifs (C(OH)–C–C–N with tert-alkyl or cyclic N) is 1. The van der Waals surface area contributed by atoms with E-state index in [0.717, 1.165) is 18.8 Å². The first-order chi connectivity index (χ1) is 7.72. The summed E-state index contributed by atoms with van der Waals surface area (Å²) in [6.07, 6.45) is 3.07. The van der Waals surface area contributed by atoms with Crippen LogP contribution in [0.2, 0.25) is 0 Å². The molecule has 3 nitrogen and oxygen atoms in total. The van der Waals surface area contributed by atoms with Gasteiger partial charge in [-0.05, 0) is 13.0 Å². The summed E-state index contributed by atoms with van der Waals surface area (Å²) in [4.78, 5) is 2.29. The molecular weight excluding hydrogens is 222 g/mol. The highest BCUT2D eigenvalue weighted by molar-refractivity contribution is 7.99. The molecule has 1 N–H and O–H groups in total. The average Bonchev–Trinajstić information content (AvgIpc) is 2.28. The fourth-order valence-electron chi connectivity index (χ4n) is 1.58. The largest absolute Gasteiger partial charge is 0.495 e. The number of thioether (sulfide) groups is 1. The van der Waals surface area contributed by atoms with Gasteiger partial charge < -0.3 is 9.84 Å². The van der Waals surface area contributed by atoms with Crippen LogP contribution in [0.1, 0.15) is 6.92 Å². The summed E-state index contributed by atoms with van der Waals surface area (Å²) in [5, 5.41) is 9.79. The first kappa shape index (κ1) is 13.6. The third-order valence-electron chi connectivity index (χ3n) is 2.43. The number of hydrogen-bond acceptors (Lipinski definition) is 4. The van der Waals surface area contributed by atoms with Crippen LogP contribution < -0.4 is 0 Å². The molecule has 92 valence electrons. The molecule has 1 unspecified atom stereocenters. The minimum absolute atomic E-state index is 0.361. The monoisotopic (exact) mass is 243 g/mol. The van der Waals surface area contributed by atoms with Crippen molar-refractivity contribution in [2.45, 2.75) is 13.0 Å². The Morgan fingerprint density at radius 1 is 1.56 bits per heavy atom. The van der Waals surface area contributed by atoms with E-state index in [0.29, 0.717) is 13.2 Å². The van der Waals surface area contributed by atoms with E-state index in [1.54, 1.807) is 12.2 Å². The molecule has 0 aromatic carbocycles. The molecule has 0 aromatic rings. The van der Waals surface area contributed by atoms with Gasteiger partial charge in [-0.2, -0.15) is 11.8 Å².